The first-order chi connectivity index (χ1) is 8.38. The minimum atomic E-state index is 0. The lowest BCUT2D eigenvalue weighted by Gasteiger charge is -2.26. The molecule has 0 bridgehead atoms. The highest BCUT2D eigenvalue weighted by atomic mass is 35.5. The zero-order valence-corrected chi connectivity index (χ0v) is 12.8. The molecule has 1 heterocycles. The molecular weight excluding hydrogens is 287 g/mol. The summed E-state index contributed by atoms with van der Waals surface area (Å²) in [6, 6.07) is 7.72. The summed E-state index contributed by atoms with van der Waals surface area (Å²) in [7, 11) is 1.67. The molecule has 1 aliphatic heterocycles. The summed E-state index contributed by atoms with van der Waals surface area (Å²) < 4.78 is 10.8. The van der Waals surface area contributed by atoms with Crippen molar-refractivity contribution in [2.24, 2.45) is 0 Å². The second-order valence-electron chi connectivity index (χ2n) is 4.12. The van der Waals surface area contributed by atoms with Crippen LogP contribution < -0.4 is 14.8 Å². The number of ether oxygens (including phenoxy) is 2. The minimum Gasteiger partial charge on any atom is -0.497 e. The fourth-order valence-electron chi connectivity index (χ4n) is 1.90. The van der Waals surface area contributed by atoms with Gasteiger partial charge in [0.25, 0.3) is 0 Å². The molecule has 0 aromatic heterocycles. The van der Waals surface area contributed by atoms with E-state index in [9.17, 15) is 0 Å². The van der Waals surface area contributed by atoms with Crippen LogP contribution in [0.15, 0.2) is 24.3 Å². The van der Waals surface area contributed by atoms with E-state index in [1.807, 2.05) is 24.3 Å². The lowest BCUT2D eigenvalue weighted by molar-refractivity contribution is 0.191. The van der Waals surface area contributed by atoms with Gasteiger partial charge in [-0.3, -0.25) is 4.90 Å². The molecule has 110 valence electrons. The maximum Gasteiger partial charge on any atom is 0.119 e. The molecule has 2 rings (SSSR count). The van der Waals surface area contributed by atoms with E-state index < -0.39 is 0 Å². The highest BCUT2D eigenvalue weighted by Crippen LogP contribution is 2.16. The lowest BCUT2D eigenvalue weighted by Crippen LogP contribution is -2.44. The second kappa shape index (κ2) is 10.1. The molecule has 1 aromatic carbocycles. The number of benzene rings is 1. The average molecular weight is 309 g/mol. The van der Waals surface area contributed by atoms with E-state index in [1.54, 1.807) is 7.11 Å². The number of hydrogen-bond donors (Lipinski definition) is 1. The minimum absolute atomic E-state index is 0. The first-order valence-electron chi connectivity index (χ1n) is 6.08. The van der Waals surface area contributed by atoms with Crippen molar-refractivity contribution in [1.29, 1.82) is 0 Å². The Balaban J connectivity index is 0.00000162. The SMILES string of the molecule is COc1ccc(OCCN2CCNCC2)cc1.Cl.Cl. The molecule has 1 aromatic rings. The van der Waals surface area contributed by atoms with E-state index in [4.69, 9.17) is 9.47 Å². The largest absolute Gasteiger partial charge is 0.497 e. The molecule has 19 heavy (non-hydrogen) atoms. The van der Waals surface area contributed by atoms with Crippen molar-refractivity contribution in [3.05, 3.63) is 24.3 Å². The molecule has 0 atom stereocenters. The molecule has 1 fully saturated rings. The first kappa shape index (κ1) is 18.3. The van der Waals surface area contributed by atoms with Crippen LogP contribution in [0.25, 0.3) is 0 Å². The van der Waals surface area contributed by atoms with Crippen LogP contribution in [0.1, 0.15) is 0 Å². The molecule has 0 amide bonds. The van der Waals surface area contributed by atoms with E-state index in [1.165, 1.54) is 0 Å². The molecule has 4 nitrogen and oxygen atoms in total. The molecule has 6 heteroatoms. The molecule has 0 spiro atoms. The predicted molar refractivity (Wildman–Crippen MR) is 82.3 cm³/mol. The highest BCUT2D eigenvalue weighted by molar-refractivity contribution is 5.85. The standard InChI is InChI=1S/C13H20N2O2.2ClH/c1-16-12-2-4-13(5-3-12)17-11-10-15-8-6-14-7-9-15;;/h2-5,14H,6-11H2,1H3;2*1H. The molecule has 1 N–H and O–H groups in total. The van der Waals surface area contributed by atoms with E-state index in [0.717, 1.165) is 50.8 Å². The summed E-state index contributed by atoms with van der Waals surface area (Å²) in [5.74, 6) is 1.76. The van der Waals surface area contributed by atoms with Crippen LogP contribution in [-0.4, -0.2) is 51.3 Å². The number of nitrogens with zero attached hydrogens (tertiary/aromatic N) is 1. The molecule has 0 unspecified atom stereocenters. The van der Waals surface area contributed by atoms with Gasteiger partial charge in [0.1, 0.15) is 18.1 Å². The monoisotopic (exact) mass is 308 g/mol. The third-order valence-electron chi connectivity index (χ3n) is 2.95. The maximum atomic E-state index is 5.69. The fourth-order valence-corrected chi connectivity index (χ4v) is 1.90. The molecule has 0 radical (unpaired) electrons. The van der Waals surface area contributed by atoms with E-state index in [2.05, 4.69) is 10.2 Å². The summed E-state index contributed by atoms with van der Waals surface area (Å²) in [5.41, 5.74) is 0. The van der Waals surface area contributed by atoms with Gasteiger partial charge in [0.2, 0.25) is 0 Å². The van der Waals surface area contributed by atoms with E-state index >= 15 is 0 Å². The van der Waals surface area contributed by atoms with Crippen molar-refractivity contribution < 1.29 is 9.47 Å². The average Bonchev–Trinajstić information content (AvgIpc) is 2.41. The number of hydrogen-bond acceptors (Lipinski definition) is 4. The van der Waals surface area contributed by atoms with Crippen LogP contribution in [0.4, 0.5) is 0 Å². The Morgan fingerprint density at radius 3 is 2.21 bits per heavy atom. The van der Waals surface area contributed by atoms with Gasteiger partial charge in [-0.25, -0.2) is 0 Å². The van der Waals surface area contributed by atoms with E-state index in [0.29, 0.717) is 0 Å². The molecular formula is C13H22Cl2N2O2. The van der Waals surface area contributed by atoms with Crippen LogP contribution in [0.3, 0.4) is 0 Å². The van der Waals surface area contributed by atoms with Gasteiger partial charge in [-0.15, -0.1) is 24.8 Å². The molecule has 0 aliphatic carbocycles. The third kappa shape index (κ3) is 6.34. The topological polar surface area (TPSA) is 33.7 Å². The van der Waals surface area contributed by atoms with Gasteiger partial charge in [0.05, 0.1) is 7.11 Å². The Labute approximate surface area is 127 Å². The number of nitrogens with one attached hydrogen (secondary N) is 1. The molecule has 1 aliphatic rings. The third-order valence-corrected chi connectivity index (χ3v) is 2.95. The quantitative estimate of drug-likeness (QED) is 0.900. The maximum absolute atomic E-state index is 5.69. The van der Waals surface area contributed by atoms with Gasteiger partial charge >= 0.3 is 0 Å². The summed E-state index contributed by atoms with van der Waals surface area (Å²) in [6.07, 6.45) is 0. The smallest absolute Gasteiger partial charge is 0.119 e. The lowest BCUT2D eigenvalue weighted by atomic mass is 10.3. The van der Waals surface area contributed by atoms with Crippen molar-refractivity contribution in [2.45, 2.75) is 0 Å². The van der Waals surface area contributed by atoms with Crippen molar-refractivity contribution in [2.75, 3.05) is 46.4 Å². The molecule has 1 saturated heterocycles. The Bertz CT molecular complexity index is 330. The van der Waals surface area contributed by atoms with Gasteiger partial charge < -0.3 is 14.8 Å². The zero-order valence-electron chi connectivity index (χ0n) is 11.1. The normalized spacial score (nSPS) is 15.0. The summed E-state index contributed by atoms with van der Waals surface area (Å²) >= 11 is 0. The van der Waals surface area contributed by atoms with Crippen molar-refractivity contribution in [1.82, 2.24) is 10.2 Å². The van der Waals surface area contributed by atoms with Gasteiger partial charge in [-0.05, 0) is 24.3 Å². The van der Waals surface area contributed by atoms with Crippen LogP contribution in [0, 0.1) is 0 Å². The first-order valence-corrected chi connectivity index (χ1v) is 6.08. The number of halogens is 2. The summed E-state index contributed by atoms with van der Waals surface area (Å²) in [4.78, 5) is 2.42. The van der Waals surface area contributed by atoms with Crippen LogP contribution in [-0.2, 0) is 0 Å². The van der Waals surface area contributed by atoms with Gasteiger partial charge in [-0.2, -0.15) is 0 Å². The Morgan fingerprint density at radius 1 is 1.05 bits per heavy atom. The van der Waals surface area contributed by atoms with Crippen LogP contribution >= 0.6 is 24.8 Å². The Hall–Kier alpha value is -0.680. The van der Waals surface area contributed by atoms with Crippen LogP contribution in [0.2, 0.25) is 0 Å². The Morgan fingerprint density at radius 2 is 1.63 bits per heavy atom. The number of methoxy groups -OCH3 is 1. The van der Waals surface area contributed by atoms with Crippen LogP contribution in [0.5, 0.6) is 11.5 Å². The summed E-state index contributed by atoms with van der Waals surface area (Å²) in [6.45, 7) is 6.14. The van der Waals surface area contributed by atoms with Crippen molar-refractivity contribution >= 4 is 24.8 Å². The number of piperazine rings is 1. The summed E-state index contributed by atoms with van der Waals surface area (Å²) in [5, 5.41) is 3.34. The predicted octanol–water partition coefficient (Wildman–Crippen LogP) is 1.82. The van der Waals surface area contributed by atoms with Gasteiger partial charge in [0.15, 0.2) is 0 Å². The van der Waals surface area contributed by atoms with Gasteiger partial charge in [0, 0.05) is 32.7 Å². The Kier molecular flexibility index (Phi) is 9.79. The number of rotatable bonds is 5. The van der Waals surface area contributed by atoms with Crippen molar-refractivity contribution in [3.63, 3.8) is 0 Å². The fraction of sp³-hybridized carbons (Fsp3) is 0.538. The zero-order chi connectivity index (χ0) is 11.9. The second-order valence-corrected chi connectivity index (χ2v) is 4.12. The van der Waals surface area contributed by atoms with Gasteiger partial charge in [-0.1, -0.05) is 0 Å². The molecule has 0 saturated carbocycles. The van der Waals surface area contributed by atoms with E-state index in [-0.39, 0.29) is 24.8 Å². The van der Waals surface area contributed by atoms with Crippen molar-refractivity contribution in [3.8, 4) is 11.5 Å². The highest BCUT2D eigenvalue weighted by Gasteiger charge is 2.08.